The molecule has 0 bridgehead atoms. The van der Waals surface area contributed by atoms with Crippen molar-refractivity contribution in [3.63, 3.8) is 0 Å². The van der Waals surface area contributed by atoms with Gasteiger partial charge in [-0.25, -0.2) is 0 Å². The van der Waals surface area contributed by atoms with Crippen LogP contribution in [0.15, 0.2) is 42.6 Å². The van der Waals surface area contributed by atoms with E-state index in [1.165, 1.54) is 0 Å². The molecule has 1 N–H and O–H groups in total. The molecule has 2 heterocycles. The number of benzene rings is 1. The minimum Gasteiger partial charge on any atom is -0.493 e. The lowest BCUT2D eigenvalue weighted by molar-refractivity contribution is 0.209. The summed E-state index contributed by atoms with van der Waals surface area (Å²) < 4.78 is 5.58. The van der Waals surface area contributed by atoms with Gasteiger partial charge < -0.3 is 9.84 Å². The summed E-state index contributed by atoms with van der Waals surface area (Å²) in [6.07, 6.45) is 1.88. The zero-order valence-electron chi connectivity index (χ0n) is 9.34. The molecule has 1 aromatic heterocycles. The van der Waals surface area contributed by atoms with E-state index >= 15 is 0 Å². The lowest BCUT2D eigenvalue weighted by atomic mass is 10.0. The van der Waals surface area contributed by atoms with Crippen molar-refractivity contribution in [3.05, 3.63) is 59.4 Å². The summed E-state index contributed by atoms with van der Waals surface area (Å²) in [4.78, 5) is 4.17. The Hall–Kier alpha value is -1.87. The van der Waals surface area contributed by atoms with E-state index in [1.54, 1.807) is 6.20 Å². The van der Waals surface area contributed by atoms with Crippen LogP contribution in [0.25, 0.3) is 0 Å². The molecular formula is C14H13NO2. The molecule has 0 aliphatic carbocycles. The SMILES string of the molecule is OC(c1ccccn1)c1cccc2c1OCC2. The van der Waals surface area contributed by atoms with E-state index in [0.29, 0.717) is 12.3 Å². The first-order chi connectivity index (χ1) is 8.36. The fourth-order valence-electron chi connectivity index (χ4n) is 2.15. The Morgan fingerprint density at radius 2 is 2.12 bits per heavy atom. The first-order valence-electron chi connectivity index (χ1n) is 5.70. The van der Waals surface area contributed by atoms with Crippen molar-refractivity contribution in [1.29, 1.82) is 0 Å². The second-order valence-electron chi connectivity index (χ2n) is 4.09. The maximum Gasteiger partial charge on any atom is 0.128 e. The number of para-hydroxylation sites is 1. The molecule has 1 aliphatic rings. The number of nitrogens with zero attached hydrogens (tertiary/aromatic N) is 1. The summed E-state index contributed by atoms with van der Waals surface area (Å²) in [5.74, 6) is 0.825. The summed E-state index contributed by atoms with van der Waals surface area (Å²) >= 11 is 0. The van der Waals surface area contributed by atoms with Gasteiger partial charge in [0.25, 0.3) is 0 Å². The fourth-order valence-corrected chi connectivity index (χ4v) is 2.15. The predicted molar refractivity (Wildman–Crippen MR) is 63.9 cm³/mol. The van der Waals surface area contributed by atoms with Gasteiger partial charge in [0, 0.05) is 18.2 Å². The molecule has 1 aromatic carbocycles. The van der Waals surface area contributed by atoms with Gasteiger partial charge in [-0.3, -0.25) is 4.98 Å². The number of hydrogen-bond donors (Lipinski definition) is 1. The molecule has 0 saturated heterocycles. The molecule has 3 nitrogen and oxygen atoms in total. The van der Waals surface area contributed by atoms with Crippen LogP contribution < -0.4 is 4.74 Å². The Morgan fingerprint density at radius 1 is 1.18 bits per heavy atom. The first-order valence-corrected chi connectivity index (χ1v) is 5.70. The predicted octanol–water partition coefficient (Wildman–Crippen LogP) is 2.10. The second-order valence-corrected chi connectivity index (χ2v) is 4.09. The summed E-state index contributed by atoms with van der Waals surface area (Å²) in [5.41, 5.74) is 2.62. The molecule has 3 heteroatoms. The van der Waals surface area contributed by atoms with E-state index in [4.69, 9.17) is 4.74 Å². The Morgan fingerprint density at radius 3 is 2.94 bits per heavy atom. The van der Waals surface area contributed by atoms with Gasteiger partial charge in [-0.1, -0.05) is 24.3 Å². The third-order valence-electron chi connectivity index (χ3n) is 3.01. The van der Waals surface area contributed by atoms with Crippen molar-refractivity contribution in [2.45, 2.75) is 12.5 Å². The number of aliphatic hydroxyl groups excluding tert-OH is 1. The van der Waals surface area contributed by atoms with Crippen LogP contribution in [0.3, 0.4) is 0 Å². The quantitative estimate of drug-likeness (QED) is 0.854. The highest BCUT2D eigenvalue weighted by atomic mass is 16.5. The number of hydrogen-bond acceptors (Lipinski definition) is 3. The lowest BCUT2D eigenvalue weighted by Gasteiger charge is -2.13. The van der Waals surface area contributed by atoms with Crippen LogP contribution in [-0.4, -0.2) is 16.7 Å². The average Bonchev–Trinajstić information content (AvgIpc) is 2.87. The zero-order chi connectivity index (χ0) is 11.7. The summed E-state index contributed by atoms with van der Waals surface area (Å²) in [7, 11) is 0. The van der Waals surface area contributed by atoms with Crippen molar-refractivity contribution >= 4 is 0 Å². The molecule has 3 rings (SSSR count). The molecular weight excluding hydrogens is 214 g/mol. The van der Waals surface area contributed by atoms with Crippen LogP contribution >= 0.6 is 0 Å². The van der Waals surface area contributed by atoms with Gasteiger partial charge in [0.05, 0.1) is 12.3 Å². The zero-order valence-corrected chi connectivity index (χ0v) is 9.34. The number of fused-ring (bicyclic) bond motifs is 1. The number of ether oxygens (including phenoxy) is 1. The number of aliphatic hydroxyl groups is 1. The van der Waals surface area contributed by atoms with Crippen LogP contribution in [0.1, 0.15) is 22.9 Å². The topological polar surface area (TPSA) is 42.4 Å². The molecule has 17 heavy (non-hydrogen) atoms. The monoisotopic (exact) mass is 227 g/mol. The van der Waals surface area contributed by atoms with Gasteiger partial charge in [-0.05, 0) is 17.7 Å². The molecule has 2 aromatic rings. The van der Waals surface area contributed by atoms with Crippen LogP contribution in [-0.2, 0) is 6.42 Å². The largest absolute Gasteiger partial charge is 0.493 e. The minimum atomic E-state index is -0.718. The maximum atomic E-state index is 10.3. The minimum absolute atomic E-state index is 0.649. The van der Waals surface area contributed by atoms with Crippen molar-refractivity contribution < 1.29 is 9.84 Å². The van der Waals surface area contributed by atoms with Crippen LogP contribution in [0.2, 0.25) is 0 Å². The van der Waals surface area contributed by atoms with E-state index in [2.05, 4.69) is 4.98 Å². The highest BCUT2D eigenvalue weighted by Crippen LogP contribution is 2.35. The molecule has 1 aliphatic heterocycles. The summed E-state index contributed by atoms with van der Waals surface area (Å²) in [6.45, 7) is 0.696. The van der Waals surface area contributed by atoms with Gasteiger partial charge in [0.2, 0.25) is 0 Å². The standard InChI is InChI=1S/C14H13NO2/c16-13(12-6-1-2-8-15-12)11-5-3-4-10-7-9-17-14(10)11/h1-6,8,13,16H,7,9H2. The van der Waals surface area contributed by atoms with E-state index in [1.807, 2.05) is 36.4 Å². The van der Waals surface area contributed by atoms with Crippen LogP contribution in [0, 0.1) is 0 Å². The van der Waals surface area contributed by atoms with Gasteiger partial charge in [0.1, 0.15) is 11.9 Å². The highest BCUT2D eigenvalue weighted by molar-refractivity contribution is 5.47. The van der Waals surface area contributed by atoms with E-state index in [9.17, 15) is 5.11 Å². The number of rotatable bonds is 2. The van der Waals surface area contributed by atoms with E-state index in [0.717, 1.165) is 23.3 Å². The maximum absolute atomic E-state index is 10.3. The Bertz CT molecular complexity index is 525. The first kappa shape index (κ1) is 10.3. The van der Waals surface area contributed by atoms with Crippen LogP contribution in [0.4, 0.5) is 0 Å². The summed E-state index contributed by atoms with van der Waals surface area (Å²) in [5, 5.41) is 10.3. The molecule has 0 amide bonds. The molecule has 0 spiro atoms. The second kappa shape index (κ2) is 4.18. The molecule has 0 radical (unpaired) electrons. The van der Waals surface area contributed by atoms with Crippen LogP contribution in [0.5, 0.6) is 5.75 Å². The molecule has 1 unspecified atom stereocenters. The third-order valence-corrected chi connectivity index (χ3v) is 3.01. The van der Waals surface area contributed by atoms with Crippen molar-refractivity contribution in [3.8, 4) is 5.75 Å². The highest BCUT2D eigenvalue weighted by Gasteiger charge is 2.22. The molecule has 86 valence electrons. The van der Waals surface area contributed by atoms with Crippen molar-refractivity contribution in [1.82, 2.24) is 4.98 Å². The molecule has 0 fully saturated rings. The molecule has 1 atom stereocenters. The Kier molecular flexibility index (Phi) is 2.53. The Labute approximate surface area is 99.7 Å². The van der Waals surface area contributed by atoms with Gasteiger partial charge >= 0.3 is 0 Å². The normalized spacial score (nSPS) is 15.1. The van der Waals surface area contributed by atoms with Crippen molar-refractivity contribution in [2.24, 2.45) is 0 Å². The smallest absolute Gasteiger partial charge is 0.128 e. The third kappa shape index (κ3) is 1.78. The number of pyridine rings is 1. The van der Waals surface area contributed by atoms with E-state index in [-0.39, 0.29) is 0 Å². The lowest BCUT2D eigenvalue weighted by Crippen LogP contribution is -2.03. The number of aromatic nitrogens is 1. The molecule has 0 saturated carbocycles. The van der Waals surface area contributed by atoms with Gasteiger partial charge in [-0.2, -0.15) is 0 Å². The average molecular weight is 227 g/mol. The van der Waals surface area contributed by atoms with Crippen molar-refractivity contribution in [2.75, 3.05) is 6.61 Å². The van der Waals surface area contributed by atoms with Gasteiger partial charge in [-0.15, -0.1) is 0 Å². The summed E-state index contributed by atoms with van der Waals surface area (Å²) in [6, 6.07) is 11.4. The van der Waals surface area contributed by atoms with E-state index < -0.39 is 6.10 Å². The van der Waals surface area contributed by atoms with Gasteiger partial charge in [0.15, 0.2) is 0 Å². The Balaban J connectivity index is 2.03. The fraction of sp³-hybridized carbons (Fsp3) is 0.214.